The van der Waals surface area contributed by atoms with Crippen molar-refractivity contribution in [1.29, 1.82) is 0 Å². The number of anilines is 2. The second-order valence-corrected chi connectivity index (χ2v) is 7.72. The maximum absolute atomic E-state index is 12.9. The third-order valence-corrected chi connectivity index (χ3v) is 5.16. The van der Waals surface area contributed by atoms with Gasteiger partial charge in [0.15, 0.2) is 0 Å². The van der Waals surface area contributed by atoms with Crippen LogP contribution in [0.2, 0.25) is 0 Å². The summed E-state index contributed by atoms with van der Waals surface area (Å²) in [6, 6.07) is 22.5. The smallest absolute Gasteiger partial charge is 0.259 e. The number of benzene rings is 3. The Hall–Kier alpha value is -3.12. The fourth-order valence-electron chi connectivity index (χ4n) is 2.88. The molecule has 0 heterocycles. The highest BCUT2D eigenvalue weighted by Gasteiger charge is 2.14. The Morgan fingerprint density at radius 1 is 1.00 bits per heavy atom. The Kier molecular flexibility index (Phi) is 7.25. The number of ether oxygens (including phenoxy) is 1. The molecule has 154 valence electrons. The molecule has 3 rings (SSSR count). The summed E-state index contributed by atoms with van der Waals surface area (Å²) >= 11 is 3.42. The van der Waals surface area contributed by atoms with Gasteiger partial charge in [0.1, 0.15) is 5.75 Å². The molecule has 0 aliphatic heterocycles. The van der Waals surface area contributed by atoms with E-state index in [0.29, 0.717) is 23.6 Å². The molecule has 0 saturated carbocycles. The van der Waals surface area contributed by atoms with Crippen LogP contribution in [-0.2, 0) is 11.2 Å². The van der Waals surface area contributed by atoms with Crippen LogP contribution in [-0.4, -0.2) is 25.5 Å². The maximum Gasteiger partial charge on any atom is 0.259 e. The minimum atomic E-state index is -0.265. The molecule has 0 saturated heterocycles. The van der Waals surface area contributed by atoms with E-state index in [1.807, 2.05) is 36.4 Å². The van der Waals surface area contributed by atoms with Crippen LogP contribution >= 0.6 is 15.9 Å². The van der Waals surface area contributed by atoms with Crippen LogP contribution in [0.15, 0.2) is 77.3 Å². The van der Waals surface area contributed by atoms with Gasteiger partial charge in [0, 0.05) is 36.2 Å². The number of amides is 2. The van der Waals surface area contributed by atoms with E-state index >= 15 is 0 Å². The monoisotopic (exact) mass is 466 g/mol. The molecule has 3 aromatic rings. The summed E-state index contributed by atoms with van der Waals surface area (Å²) in [7, 11) is 1.70. The van der Waals surface area contributed by atoms with Crippen molar-refractivity contribution in [2.45, 2.75) is 13.3 Å². The zero-order chi connectivity index (χ0) is 21.5. The molecule has 0 atom stereocenters. The van der Waals surface area contributed by atoms with E-state index in [0.717, 1.165) is 16.6 Å². The van der Waals surface area contributed by atoms with Gasteiger partial charge in [-0.15, -0.1) is 0 Å². The minimum absolute atomic E-state index is 0.0572. The van der Waals surface area contributed by atoms with E-state index in [-0.39, 0.29) is 11.8 Å². The first-order valence-electron chi connectivity index (χ1n) is 9.56. The lowest BCUT2D eigenvalue weighted by molar-refractivity contribution is -0.116. The Bertz CT molecular complexity index is 1020. The largest absolute Gasteiger partial charge is 0.492 e. The summed E-state index contributed by atoms with van der Waals surface area (Å²) in [4.78, 5) is 25.9. The predicted molar refractivity (Wildman–Crippen MR) is 123 cm³/mol. The fourth-order valence-corrected chi connectivity index (χ4v) is 3.24. The molecule has 30 heavy (non-hydrogen) atoms. The molecule has 0 aromatic heterocycles. The molecule has 0 aliphatic carbocycles. The van der Waals surface area contributed by atoms with E-state index in [1.54, 1.807) is 48.3 Å². The van der Waals surface area contributed by atoms with Crippen LogP contribution in [0.1, 0.15) is 22.8 Å². The third-order valence-electron chi connectivity index (χ3n) is 4.66. The number of hydrogen-bond donors (Lipinski definition) is 1. The lowest BCUT2D eigenvalue weighted by Crippen LogP contribution is -2.22. The van der Waals surface area contributed by atoms with Crippen molar-refractivity contribution >= 4 is 39.1 Å². The molecule has 1 N–H and O–H groups in total. The van der Waals surface area contributed by atoms with E-state index < -0.39 is 0 Å². The van der Waals surface area contributed by atoms with Gasteiger partial charge in [0.2, 0.25) is 5.91 Å². The van der Waals surface area contributed by atoms with Crippen LogP contribution in [0.4, 0.5) is 11.4 Å². The van der Waals surface area contributed by atoms with E-state index in [1.165, 1.54) is 12.5 Å². The molecule has 6 heteroatoms. The molecular formula is C24H23BrN2O3. The summed E-state index contributed by atoms with van der Waals surface area (Å²) in [5.41, 5.74) is 3.02. The number of halogens is 1. The highest BCUT2D eigenvalue weighted by Crippen LogP contribution is 2.25. The SMILES string of the molecule is CC(=O)N(C)c1ccc(NC(=O)c2cc(Br)ccc2OCCc2ccccc2)cc1. The second kappa shape index (κ2) is 10.1. The number of carbonyl (C=O) groups excluding carboxylic acids is 2. The molecule has 0 fully saturated rings. The highest BCUT2D eigenvalue weighted by molar-refractivity contribution is 9.10. The fraction of sp³-hybridized carbons (Fsp3) is 0.167. The molecule has 0 bridgehead atoms. The predicted octanol–water partition coefficient (Wildman–Crippen LogP) is 5.31. The number of nitrogens with one attached hydrogen (secondary N) is 1. The van der Waals surface area contributed by atoms with Crippen molar-refractivity contribution in [3.63, 3.8) is 0 Å². The number of carbonyl (C=O) groups is 2. The normalized spacial score (nSPS) is 10.4. The van der Waals surface area contributed by atoms with Crippen molar-refractivity contribution in [3.8, 4) is 5.75 Å². The Labute approximate surface area is 184 Å². The topological polar surface area (TPSA) is 58.6 Å². The lowest BCUT2D eigenvalue weighted by atomic mass is 10.1. The van der Waals surface area contributed by atoms with Gasteiger partial charge >= 0.3 is 0 Å². The first-order chi connectivity index (χ1) is 14.4. The summed E-state index contributed by atoms with van der Waals surface area (Å²) in [5.74, 6) is 0.205. The minimum Gasteiger partial charge on any atom is -0.492 e. The Morgan fingerprint density at radius 3 is 2.37 bits per heavy atom. The first-order valence-corrected chi connectivity index (χ1v) is 10.4. The van der Waals surface area contributed by atoms with Crippen LogP contribution in [0.25, 0.3) is 0 Å². The summed E-state index contributed by atoms with van der Waals surface area (Å²) < 4.78 is 6.70. The van der Waals surface area contributed by atoms with Gasteiger partial charge in [0.05, 0.1) is 12.2 Å². The molecule has 3 aromatic carbocycles. The zero-order valence-corrected chi connectivity index (χ0v) is 18.5. The van der Waals surface area contributed by atoms with Crippen LogP contribution in [0.3, 0.4) is 0 Å². The van der Waals surface area contributed by atoms with Gasteiger partial charge in [-0.1, -0.05) is 46.3 Å². The van der Waals surface area contributed by atoms with Gasteiger partial charge in [-0.25, -0.2) is 0 Å². The van der Waals surface area contributed by atoms with Crippen molar-refractivity contribution in [3.05, 3.63) is 88.4 Å². The summed E-state index contributed by atoms with van der Waals surface area (Å²) in [5, 5.41) is 2.89. The Balaban J connectivity index is 1.69. The van der Waals surface area contributed by atoms with Gasteiger partial charge in [-0.05, 0) is 48.0 Å². The van der Waals surface area contributed by atoms with Gasteiger partial charge in [0.25, 0.3) is 5.91 Å². The number of nitrogens with zero attached hydrogens (tertiary/aromatic N) is 1. The van der Waals surface area contributed by atoms with Crippen LogP contribution < -0.4 is 15.0 Å². The van der Waals surface area contributed by atoms with Crippen molar-refractivity contribution in [1.82, 2.24) is 0 Å². The highest BCUT2D eigenvalue weighted by atomic mass is 79.9. The van der Waals surface area contributed by atoms with Gasteiger partial charge < -0.3 is 15.0 Å². The number of rotatable bonds is 7. The Morgan fingerprint density at radius 2 is 1.70 bits per heavy atom. The van der Waals surface area contributed by atoms with Crippen molar-refractivity contribution < 1.29 is 14.3 Å². The van der Waals surface area contributed by atoms with E-state index in [2.05, 4.69) is 21.2 Å². The molecule has 0 radical (unpaired) electrons. The summed E-state index contributed by atoms with van der Waals surface area (Å²) in [6.07, 6.45) is 0.753. The van der Waals surface area contributed by atoms with E-state index in [4.69, 9.17) is 4.74 Å². The molecule has 0 aliphatic rings. The second-order valence-electron chi connectivity index (χ2n) is 6.80. The molecule has 2 amide bonds. The third kappa shape index (κ3) is 5.70. The lowest BCUT2D eigenvalue weighted by Gasteiger charge is -2.16. The molecule has 5 nitrogen and oxygen atoms in total. The maximum atomic E-state index is 12.9. The van der Waals surface area contributed by atoms with Crippen LogP contribution in [0, 0.1) is 0 Å². The number of hydrogen-bond acceptors (Lipinski definition) is 3. The van der Waals surface area contributed by atoms with E-state index in [9.17, 15) is 9.59 Å². The average molecular weight is 467 g/mol. The molecular weight excluding hydrogens is 444 g/mol. The summed E-state index contributed by atoms with van der Waals surface area (Å²) in [6.45, 7) is 1.97. The standard InChI is InChI=1S/C24H23BrN2O3/c1-17(28)27(2)21-11-9-20(10-12-21)26-24(29)22-16-19(25)8-13-23(22)30-15-14-18-6-4-3-5-7-18/h3-13,16H,14-15H2,1-2H3,(H,26,29). The molecule has 0 unspecified atom stereocenters. The van der Waals surface area contributed by atoms with Gasteiger partial charge in [-0.2, -0.15) is 0 Å². The van der Waals surface area contributed by atoms with Crippen LogP contribution in [0.5, 0.6) is 5.75 Å². The first kappa shape index (κ1) is 21.6. The quantitative estimate of drug-likeness (QED) is 0.513. The van der Waals surface area contributed by atoms with Crippen molar-refractivity contribution in [2.75, 3.05) is 23.9 Å². The van der Waals surface area contributed by atoms with Gasteiger partial charge in [-0.3, -0.25) is 9.59 Å². The van der Waals surface area contributed by atoms with Crippen molar-refractivity contribution in [2.24, 2.45) is 0 Å². The molecule has 0 spiro atoms. The zero-order valence-electron chi connectivity index (χ0n) is 16.9. The average Bonchev–Trinajstić information content (AvgIpc) is 2.75.